The predicted octanol–water partition coefficient (Wildman–Crippen LogP) is 2.73. The van der Waals surface area contributed by atoms with E-state index in [2.05, 4.69) is 0 Å². The van der Waals surface area contributed by atoms with Crippen LogP contribution in [0.4, 0.5) is 5.69 Å². The third kappa shape index (κ3) is 2.56. The monoisotopic (exact) mass is 287 g/mol. The number of nitrogen functional groups attached to an aromatic ring is 1. The Morgan fingerprint density at radius 3 is 2.40 bits per heavy atom. The Labute approximate surface area is 119 Å². The molecular weight excluding hydrogens is 270 g/mol. The lowest BCUT2D eigenvalue weighted by Crippen LogP contribution is -2.05. The van der Waals surface area contributed by atoms with Gasteiger partial charge < -0.3 is 5.73 Å². The maximum Gasteiger partial charge on any atom is 0.182 e. The average Bonchev–Trinajstić information content (AvgIpc) is 2.88. The number of hydrogen-bond donors (Lipinski definition) is 1. The molecule has 0 aromatic heterocycles. The van der Waals surface area contributed by atoms with Crippen LogP contribution in [0.25, 0.3) is 0 Å². The molecule has 2 aromatic carbocycles. The molecule has 0 unspecified atom stereocenters. The first kappa shape index (κ1) is 13.2. The van der Waals surface area contributed by atoms with Gasteiger partial charge in [0.25, 0.3) is 0 Å². The van der Waals surface area contributed by atoms with Gasteiger partial charge in [0.2, 0.25) is 0 Å². The number of nitrogens with two attached hydrogens (primary N) is 1. The minimum absolute atomic E-state index is 0.0199. The molecule has 3 rings (SSSR count). The summed E-state index contributed by atoms with van der Waals surface area (Å²) in [7, 11) is -3.29. The van der Waals surface area contributed by atoms with Gasteiger partial charge in [0.15, 0.2) is 9.84 Å². The molecule has 0 saturated carbocycles. The van der Waals surface area contributed by atoms with Crippen LogP contribution in [0.1, 0.15) is 23.1 Å². The number of rotatable bonds is 3. The van der Waals surface area contributed by atoms with E-state index in [0.717, 1.165) is 24.8 Å². The predicted molar refractivity (Wildman–Crippen MR) is 80.2 cm³/mol. The van der Waals surface area contributed by atoms with Gasteiger partial charge in [-0.1, -0.05) is 18.2 Å². The van der Waals surface area contributed by atoms with Crippen LogP contribution >= 0.6 is 0 Å². The molecular formula is C16H17NO2S. The standard InChI is InChI=1S/C16H17NO2S/c17-15-7-4-12(5-8-15)11-20(18,19)16-9-6-13-2-1-3-14(13)10-16/h4-10H,1-3,11,17H2. The lowest BCUT2D eigenvalue weighted by molar-refractivity contribution is 0.595. The Balaban J connectivity index is 1.90. The largest absolute Gasteiger partial charge is 0.399 e. The Hall–Kier alpha value is -1.81. The highest BCUT2D eigenvalue weighted by Crippen LogP contribution is 2.26. The third-order valence-electron chi connectivity index (χ3n) is 3.77. The van der Waals surface area contributed by atoms with Crippen molar-refractivity contribution in [3.8, 4) is 0 Å². The molecule has 2 aromatic rings. The van der Waals surface area contributed by atoms with Gasteiger partial charge in [-0.3, -0.25) is 0 Å². The van der Waals surface area contributed by atoms with Crippen molar-refractivity contribution < 1.29 is 8.42 Å². The van der Waals surface area contributed by atoms with Crippen LogP contribution in [0.2, 0.25) is 0 Å². The second-order valence-corrected chi connectivity index (χ2v) is 7.27. The molecule has 3 nitrogen and oxygen atoms in total. The first-order valence-corrected chi connectivity index (χ1v) is 8.39. The van der Waals surface area contributed by atoms with Crippen molar-refractivity contribution in [1.29, 1.82) is 0 Å². The van der Waals surface area contributed by atoms with Crippen LogP contribution in [-0.2, 0) is 28.4 Å². The maximum atomic E-state index is 12.5. The van der Waals surface area contributed by atoms with Crippen LogP contribution in [0.3, 0.4) is 0 Å². The molecule has 1 aliphatic rings. The summed E-state index contributed by atoms with van der Waals surface area (Å²) in [6.07, 6.45) is 3.17. The summed E-state index contributed by atoms with van der Waals surface area (Å²) in [4.78, 5) is 0.426. The lowest BCUT2D eigenvalue weighted by atomic mass is 10.1. The van der Waals surface area contributed by atoms with Gasteiger partial charge >= 0.3 is 0 Å². The fourth-order valence-electron chi connectivity index (χ4n) is 2.66. The fourth-order valence-corrected chi connectivity index (χ4v) is 4.05. The normalized spacial score (nSPS) is 14.2. The van der Waals surface area contributed by atoms with Gasteiger partial charge in [0, 0.05) is 5.69 Å². The fraction of sp³-hybridized carbons (Fsp3) is 0.250. The van der Waals surface area contributed by atoms with Crippen LogP contribution in [-0.4, -0.2) is 8.42 Å². The van der Waals surface area contributed by atoms with Crippen molar-refractivity contribution in [1.82, 2.24) is 0 Å². The molecule has 0 radical (unpaired) electrons. The van der Waals surface area contributed by atoms with Crippen molar-refractivity contribution >= 4 is 15.5 Å². The van der Waals surface area contributed by atoms with E-state index in [-0.39, 0.29) is 5.75 Å². The second-order valence-electron chi connectivity index (χ2n) is 5.28. The highest BCUT2D eigenvalue weighted by atomic mass is 32.2. The van der Waals surface area contributed by atoms with Crippen molar-refractivity contribution in [2.24, 2.45) is 0 Å². The number of aryl methyl sites for hydroxylation is 2. The minimum atomic E-state index is -3.29. The summed E-state index contributed by atoms with van der Waals surface area (Å²) >= 11 is 0. The molecule has 0 bridgehead atoms. The average molecular weight is 287 g/mol. The Morgan fingerprint density at radius 1 is 0.950 bits per heavy atom. The van der Waals surface area contributed by atoms with Crippen molar-refractivity contribution in [2.45, 2.75) is 29.9 Å². The van der Waals surface area contributed by atoms with E-state index in [1.807, 2.05) is 12.1 Å². The zero-order chi connectivity index (χ0) is 14.2. The van der Waals surface area contributed by atoms with E-state index in [1.54, 1.807) is 30.3 Å². The number of anilines is 1. The summed E-state index contributed by atoms with van der Waals surface area (Å²) < 4.78 is 24.9. The van der Waals surface area contributed by atoms with E-state index in [1.165, 1.54) is 11.1 Å². The van der Waals surface area contributed by atoms with E-state index in [9.17, 15) is 8.42 Å². The van der Waals surface area contributed by atoms with Crippen molar-refractivity contribution in [2.75, 3.05) is 5.73 Å². The molecule has 0 heterocycles. The topological polar surface area (TPSA) is 60.2 Å². The summed E-state index contributed by atoms with van der Waals surface area (Å²) in [6, 6.07) is 12.5. The van der Waals surface area contributed by atoms with Crippen molar-refractivity contribution in [3.63, 3.8) is 0 Å². The lowest BCUT2D eigenvalue weighted by Gasteiger charge is -2.07. The minimum Gasteiger partial charge on any atom is -0.399 e. The molecule has 0 saturated heterocycles. The zero-order valence-corrected chi connectivity index (χ0v) is 12.0. The second kappa shape index (κ2) is 4.94. The molecule has 0 amide bonds. The van der Waals surface area contributed by atoms with Gasteiger partial charge in [-0.15, -0.1) is 0 Å². The summed E-state index contributed by atoms with van der Waals surface area (Å²) in [6.45, 7) is 0. The molecule has 104 valence electrons. The van der Waals surface area contributed by atoms with E-state index < -0.39 is 9.84 Å². The zero-order valence-electron chi connectivity index (χ0n) is 11.2. The SMILES string of the molecule is Nc1ccc(CS(=O)(=O)c2ccc3c(c2)CCC3)cc1. The Kier molecular flexibility index (Phi) is 3.26. The highest BCUT2D eigenvalue weighted by molar-refractivity contribution is 7.90. The van der Waals surface area contributed by atoms with Gasteiger partial charge in [0.1, 0.15) is 0 Å². The van der Waals surface area contributed by atoms with Gasteiger partial charge in [-0.2, -0.15) is 0 Å². The van der Waals surface area contributed by atoms with Crippen molar-refractivity contribution in [3.05, 3.63) is 59.2 Å². The number of benzene rings is 2. The molecule has 4 heteroatoms. The van der Waals surface area contributed by atoms with Gasteiger partial charge in [-0.25, -0.2) is 8.42 Å². The van der Waals surface area contributed by atoms with Crippen LogP contribution in [0, 0.1) is 0 Å². The number of sulfone groups is 1. The van der Waals surface area contributed by atoms with Crippen LogP contribution in [0.15, 0.2) is 47.4 Å². The molecule has 2 N–H and O–H groups in total. The third-order valence-corrected chi connectivity index (χ3v) is 5.45. The quantitative estimate of drug-likeness (QED) is 0.883. The van der Waals surface area contributed by atoms with Crippen LogP contribution < -0.4 is 5.73 Å². The van der Waals surface area contributed by atoms with Crippen LogP contribution in [0.5, 0.6) is 0 Å². The molecule has 0 fully saturated rings. The number of hydrogen-bond acceptors (Lipinski definition) is 3. The molecule has 20 heavy (non-hydrogen) atoms. The maximum absolute atomic E-state index is 12.5. The summed E-state index contributed by atoms with van der Waals surface area (Å²) in [5, 5.41) is 0. The molecule has 1 aliphatic carbocycles. The van der Waals surface area contributed by atoms with E-state index in [4.69, 9.17) is 5.73 Å². The first-order chi connectivity index (χ1) is 9.54. The van der Waals surface area contributed by atoms with Gasteiger partial charge in [0.05, 0.1) is 10.6 Å². The first-order valence-electron chi connectivity index (χ1n) is 6.73. The molecule has 0 aliphatic heterocycles. The highest BCUT2D eigenvalue weighted by Gasteiger charge is 2.19. The molecule has 0 atom stereocenters. The van der Waals surface area contributed by atoms with E-state index in [0.29, 0.717) is 10.6 Å². The van der Waals surface area contributed by atoms with Gasteiger partial charge in [-0.05, 0) is 60.2 Å². The number of fused-ring (bicyclic) bond motifs is 1. The van der Waals surface area contributed by atoms with E-state index >= 15 is 0 Å². The molecule has 0 spiro atoms. The summed E-state index contributed by atoms with van der Waals surface area (Å²) in [5.41, 5.74) is 9.49. The summed E-state index contributed by atoms with van der Waals surface area (Å²) in [5.74, 6) is 0.0199. The Bertz CT molecular complexity index is 734. The smallest absolute Gasteiger partial charge is 0.182 e. The Morgan fingerprint density at radius 2 is 1.65 bits per heavy atom.